The molecule has 0 saturated carbocycles. The molecule has 2 nitrogen and oxygen atoms in total. The average Bonchev–Trinajstić information content (AvgIpc) is 1.63. The van der Waals surface area contributed by atoms with E-state index in [4.69, 9.17) is 0 Å². The molecule has 0 N–H and O–H groups in total. The van der Waals surface area contributed by atoms with Crippen molar-refractivity contribution in [2.45, 2.75) is 51.9 Å². The maximum Gasteiger partial charge on any atom is 0.0713 e. The van der Waals surface area contributed by atoms with Crippen molar-refractivity contribution in [2.24, 2.45) is 5.41 Å². The van der Waals surface area contributed by atoms with Gasteiger partial charge in [-0.2, -0.15) is 0 Å². The molecule has 0 bridgehead atoms. The van der Waals surface area contributed by atoms with Crippen molar-refractivity contribution in [3.63, 3.8) is 0 Å². The predicted octanol–water partition coefficient (Wildman–Crippen LogP) is 21.7. The van der Waals surface area contributed by atoms with E-state index in [0.717, 1.165) is 34.9 Å². The van der Waals surface area contributed by atoms with E-state index in [1.165, 1.54) is 121 Å². The Hall–Kier alpha value is -10.0. The Bertz CT molecular complexity index is 4740. The van der Waals surface area contributed by atoms with Crippen LogP contribution in [0.5, 0.6) is 0 Å². The van der Waals surface area contributed by atoms with Crippen molar-refractivity contribution >= 4 is 60.8 Å². The number of rotatable bonds is 10. The first-order valence-corrected chi connectivity index (χ1v) is 30.1. The molecule has 2 heteroatoms. The van der Waals surface area contributed by atoms with E-state index < -0.39 is 10.8 Å². The van der Waals surface area contributed by atoms with Crippen LogP contribution in [0.3, 0.4) is 0 Å². The fourth-order valence-corrected chi connectivity index (χ4v) is 16.1. The summed E-state index contributed by atoms with van der Waals surface area (Å²) < 4.78 is 0. The van der Waals surface area contributed by atoms with E-state index in [0.29, 0.717) is 0 Å². The van der Waals surface area contributed by atoms with Crippen molar-refractivity contribution in [3.8, 4) is 22.3 Å². The Morgan fingerprint density at radius 2 is 0.741 bits per heavy atom. The fraction of sp³-hybridized carbons (Fsp3) is 0.108. The monoisotopic (exact) mass is 1090 g/mol. The van der Waals surface area contributed by atoms with E-state index in [1.54, 1.807) is 0 Å². The Morgan fingerprint density at radius 1 is 0.341 bits per heavy atom. The largest absolute Gasteiger partial charge is 0.310 e. The van der Waals surface area contributed by atoms with Crippen LogP contribution in [0.4, 0.5) is 28.4 Å². The zero-order valence-electron chi connectivity index (χ0n) is 48.7. The van der Waals surface area contributed by atoms with Gasteiger partial charge in [-0.3, -0.25) is 0 Å². The maximum atomic E-state index is 2.55. The molecule has 0 heterocycles. The first-order chi connectivity index (χ1) is 41.6. The van der Waals surface area contributed by atoms with E-state index in [9.17, 15) is 0 Å². The molecule has 13 aromatic carbocycles. The van der Waals surface area contributed by atoms with Gasteiger partial charge in [0.25, 0.3) is 0 Å². The molecule has 0 amide bonds. The smallest absolute Gasteiger partial charge is 0.0713 e. The predicted molar refractivity (Wildman–Crippen MR) is 358 cm³/mol. The van der Waals surface area contributed by atoms with Crippen LogP contribution in [0.2, 0.25) is 0 Å². The van der Waals surface area contributed by atoms with Crippen LogP contribution in [0.25, 0.3) is 54.6 Å². The van der Waals surface area contributed by atoms with Crippen molar-refractivity contribution in [1.29, 1.82) is 0 Å². The summed E-state index contributed by atoms with van der Waals surface area (Å²) in [6, 6.07) is 101. The highest BCUT2D eigenvalue weighted by Gasteiger charge is 2.55. The maximum absolute atomic E-state index is 2.55. The molecule has 1 atom stereocenters. The Kier molecular flexibility index (Phi) is 11.5. The van der Waals surface area contributed by atoms with Crippen molar-refractivity contribution in [2.75, 3.05) is 9.80 Å². The van der Waals surface area contributed by atoms with Gasteiger partial charge in [0.05, 0.1) is 22.2 Å². The minimum atomic E-state index is -0.491. The first kappa shape index (κ1) is 50.7. The SMILES string of the molecule is Cc1cc(C)cc(N(C2=CCC(C)(C3(c4ccccc4)c4ccccc4-c4ccccc43)C=C2)c2ccc3ccc4c(N(c5ccc(C6(c7ccccc7)c7ccccc7-c7ccccc76)cc5)c5cc(C)cc(C)c5)ccc5ccc2c3c54)c1. The molecular weight excluding hydrogens is 1020 g/mol. The number of nitrogens with zero attached hydrogens (tertiary/aromatic N) is 2. The van der Waals surface area contributed by atoms with Gasteiger partial charge in [0.1, 0.15) is 0 Å². The summed E-state index contributed by atoms with van der Waals surface area (Å²) in [6.45, 7) is 11.4. The number of fused-ring (bicyclic) bond motifs is 6. The highest BCUT2D eigenvalue weighted by molar-refractivity contribution is 6.28. The summed E-state index contributed by atoms with van der Waals surface area (Å²) in [5.74, 6) is 0. The van der Waals surface area contributed by atoms with E-state index in [1.807, 2.05) is 0 Å². The molecule has 3 aliphatic rings. The Morgan fingerprint density at radius 3 is 1.22 bits per heavy atom. The molecule has 0 aliphatic heterocycles. The van der Waals surface area contributed by atoms with Crippen LogP contribution in [0.15, 0.2) is 291 Å². The molecule has 406 valence electrons. The molecule has 0 saturated heterocycles. The summed E-state index contributed by atoms with van der Waals surface area (Å²) in [5, 5.41) is 7.43. The summed E-state index contributed by atoms with van der Waals surface area (Å²) in [4.78, 5) is 5.05. The molecular formula is C83H64N2. The second kappa shape index (κ2) is 19.3. The zero-order valence-corrected chi connectivity index (χ0v) is 48.7. The lowest BCUT2D eigenvalue weighted by molar-refractivity contribution is 0.292. The van der Waals surface area contributed by atoms with Crippen molar-refractivity contribution < 1.29 is 0 Å². The molecule has 16 rings (SSSR count). The van der Waals surface area contributed by atoms with Gasteiger partial charge >= 0.3 is 0 Å². The normalized spacial score (nSPS) is 16.0. The summed E-state index contributed by atoms with van der Waals surface area (Å²) in [6.07, 6.45) is 8.34. The van der Waals surface area contributed by atoms with Crippen LogP contribution in [0.1, 0.15) is 74.5 Å². The summed E-state index contributed by atoms with van der Waals surface area (Å²) >= 11 is 0. The van der Waals surface area contributed by atoms with Crippen LogP contribution >= 0.6 is 0 Å². The standard InChI is InChI=1S/C83H64N2/c1-54-48-55(2)51-65(50-54)84(63-38-36-61(37-39-63)82(60-20-8-6-9-21-60)73-28-16-12-24-67(73)68-25-13-17-29-74(68)82)77-42-34-58-33-41-72-78(43-35-59-32-40-71(77)79(58)80(59)72)85(66-52-56(3)49-57(4)53-66)64-44-46-81(5,47-45-64)83(62-22-10-7-11-23-62)75-30-18-14-26-69(75)70-27-15-19-31-76(70)83/h6-46,48-53H,47H2,1-5H3. The Labute approximate surface area is 499 Å². The van der Waals surface area contributed by atoms with Gasteiger partial charge in [-0.1, -0.05) is 237 Å². The van der Waals surface area contributed by atoms with E-state index >= 15 is 0 Å². The van der Waals surface area contributed by atoms with Gasteiger partial charge in [0.2, 0.25) is 0 Å². The molecule has 0 radical (unpaired) electrons. The molecule has 3 aliphatic carbocycles. The van der Waals surface area contributed by atoms with Gasteiger partial charge in [0.15, 0.2) is 0 Å². The summed E-state index contributed by atoms with van der Waals surface area (Å²) in [7, 11) is 0. The number of allylic oxidation sites excluding steroid dienone is 3. The Balaban J connectivity index is 0.860. The van der Waals surface area contributed by atoms with Gasteiger partial charge < -0.3 is 9.80 Å². The molecule has 1 unspecified atom stereocenters. The summed E-state index contributed by atoms with van der Waals surface area (Å²) in [5.41, 5.74) is 25.0. The third-order valence-corrected chi connectivity index (χ3v) is 19.4. The molecule has 0 spiro atoms. The van der Waals surface area contributed by atoms with Gasteiger partial charge in [0, 0.05) is 38.9 Å². The van der Waals surface area contributed by atoms with E-state index in [2.05, 4.69) is 330 Å². The lowest BCUT2D eigenvalue weighted by Crippen LogP contribution is -2.44. The third-order valence-electron chi connectivity index (χ3n) is 19.4. The molecule has 85 heavy (non-hydrogen) atoms. The van der Waals surface area contributed by atoms with Crippen molar-refractivity contribution in [1.82, 2.24) is 0 Å². The van der Waals surface area contributed by atoms with Crippen LogP contribution in [-0.2, 0) is 10.8 Å². The molecule has 0 fully saturated rings. The first-order valence-electron chi connectivity index (χ1n) is 30.1. The second-order valence-electron chi connectivity index (χ2n) is 24.5. The zero-order chi connectivity index (χ0) is 57.2. The number of anilines is 5. The number of benzene rings is 13. The average molecular weight is 1090 g/mol. The van der Waals surface area contributed by atoms with Crippen molar-refractivity contribution in [3.05, 3.63) is 352 Å². The van der Waals surface area contributed by atoms with Gasteiger partial charge in [-0.05, 0) is 194 Å². The van der Waals surface area contributed by atoms with Crippen LogP contribution < -0.4 is 9.80 Å². The number of hydrogen-bond donors (Lipinski definition) is 0. The number of hydrogen-bond acceptors (Lipinski definition) is 2. The molecule has 0 aromatic heterocycles. The van der Waals surface area contributed by atoms with Crippen LogP contribution in [0, 0.1) is 33.1 Å². The quantitative estimate of drug-likeness (QED) is 0.126. The minimum Gasteiger partial charge on any atom is -0.310 e. The third kappa shape index (κ3) is 7.44. The lowest BCUT2D eigenvalue weighted by atomic mass is 9.54. The lowest BCUT2D eigenvalue weighted by Gasteiger charge is -2.48. The van der Waals surface area contributed by atoms with Gasteiger partial charge in [-0.15, -0.1) is 0 Å². The number of aryl methyl sites for hydroxylation is 4. The highest BCUT2D eigenvalue weighted by Crippen LogP contribution is 2.64. The minimum absolute atomic E-state index is 0.313. The fourth-order valence-electron chi connectivity index (χ4n) is 16.1. The van der Waals surface area contributed by atoms with E-state index in [-0.39, 0.29) is 5.41 Å². The van der Waals surface area contributed by atoms with Gasteiger partial charge in [-0.25, -0.2) is 0 Å². The second-order valence-corrected chi connectivity index (χ2v) is 24.5. The topological polar surface area (TPSA) is 6.48 Å². The molecule has 13 aromatic rings. The van der Waals surface area contributed by atoms with Crippen LogP contribution in [-0.4, -0.2) is 0 Å². The highest BCUT2D eigenvalue weighted by atomic mass is 15.2.